The Morgan fingerprint density at radius 2 is 1.07 bits per heavy atom. The first-order chi connectivity index (χ1) is 26.7. The van der Waals surface area contributed by atoms with Gasteiger partial charge in [-0.05, 0) is 139 Å². The van der Waals surface area contributed by atoms with Gasteiger partial charge >= 0.3 is 0 Å². The van der Waals surface area contributed by atoms with Crippen LogP contribution in [-0.2, 0) is 5.41 Å². The maximum Gasteiger partial charge on any atom is 0.135 e. The second-order valence-corrected chi connectivity index (χ2v) is 16.9. The van der Waals surface area contributed by atoms with E-state index in [2.05, 4.69) is 168 Å². The first kappa shape index (κ1) is 30.6. The molecule has 54 heavy (non-hydrogen) atoms. The predicted molar refractivity (Wildman–Crippen MR) is 227 cm³/mol. The number of nitrogens with zero attached hydrogens (tertiary/aromatic N) is 2. The van der Waals surface area contributed by atoms with Crippen LogP contribution in [0.1, 0.15) is 31.2 Å². The Labute approximate surface area is 318 Å². The fourth-order valence-corrected chi connectivity index (χ4v) is 12.1. The lowest BCUT2D eigenvalue weighted by Gasteiger charge is -2.31. The summed E-state index contributed by atoms with van der Waals surface area (Å²) in [6.45, 7) is 0. The van der Waals surface area contributed by atoms with Gasteiger partial charge in [0.1, 0.15) is 11.2 Å². The highest BCUT2D eigenvalue weighted by Gasteiger charge is 2.63. The van der Waals surface area contributed by atoms with Crippen LogP contribution in [0.3, 0.4) is 0 Å². The molecular formula is C50H38N2OS. The van der Waals surface area contributed by atoms with Crippen LogP contribution in [-0.4, -0.2) is 0 Å². The van der Waals surface area contributed by atoms with Gasteiger partial charge in [-0.1, -0.05) is 78.9 Å². The van der Waals surface area contributed by atoms with E-state index in [1.807, 2.05) is 17.4 Å². The number of para-hydroxylation sites is 3. The van der Waals surface area contributed by atoms with E-state index in [9.17, 15) is 0 Å². The summed E-state index contributed by atoms with van der Waals surface area (Å²) in [7, 11) is 0. The highest BCUT2D eigenvalue weighted by atomic mass is 32.1. The van der Waals surface area contributed by atoms with E-state index in [4.69, 9.17) is 4.42 Å². The Kier molecular flexibility index (Phi) is 6.56. The molecule has 2 aromatic heterocycles. The second kappa shape index (κ2) is 11.6. The van der Waals surface area contributed by atoms with Crippen LogP contribution in [0, 0.1) is 17.8 Å². The molecule has 4 saturated carbocycles. The molecule has 260 valence electrons. The van der Waals surface area contributed by atoms with Gasteiger partial charge in [0.05, 0.1) is 10.4 Å². The summed E-state index contributed by atoms with van der Waals surface area (Å²) in [5, 5.41) is 4.83. The van der Waals surface area contributed by atoms with Crippen molar-refractivity contribution in [2.24, 2.45) is 17.8 Å². The molecule has 4 heteroatoms. The molecule has 0 aliphatic heterocycles. The minimum absolute atomic E-state index is 0.407. The van der Waals surface area contributed by atoms with E-state index in [1.165, 1.54) is 57.2 Å². The summed E-state index contributed by atoms with van der Waals surface area (Å²) in [5.74, 6) is 2.80. The molecule has 4 aliphatic carbocycles. The normalized spacial score (nSPS) is 21.3. The van der Waals surface area contributed by atoms with Crippen molar-refractivity contribution in [1.82, 2.24) is 0 Å². The largest absolute Gasteiger partial charge is 0.456 e. The molecule has 3 nitrogen and oxygen atoms in total. The average Bonchev–Trinajstić information content (AvgIpc) is 4.08. The van der Waals surface area contributed by atoms with Crippen molar-refractivity contribution in [1.29, 1.82) is 0 Å². The highest BCUT2D eigenvalue weighted by molar-refractivity contribution is 7.26. The van der Waals surface area contributed by atoms with Crippen molar-refractivity contribution in [3.63, 3.8) is 0 Å². The number of benzene rings is 7. The molecule has 2 atom stereocenters. The zero-order chi connectivity index (χ0) is 35.4. The molecule has 0 N–H and O–H groups in total. The van der Waals surface area contributed by atoms with E-state index in [0.717, 1.165) is 62.4 Å². The minimum Gasteiger partial charge on any atom is -0.456 e. The average molecular weight is 715 g/mol. The van der Waals surface area contributed by atoms with E-state index in [-0.39, 0.29) is 0 Å². The van der Waals surface area contributed by atoms with Crippen molar-refractivity contribution in [2.75, 3.05) is 9.80 Å². The summed E-state index contributed by atoms with van der Waals surface area (Å²) in [6.07, 6.45) is 5.68. The van der Waals surface area contributed by atoms with Crippen LogP contribution in [0.15, 0.2) is 168 Å². The van der Waals surface area contributed by atoms with E-state index in [1.54, 1.807) is 5.56 Å². The summed E-state index contributed by atoms with van der Waals surface area (Å²) in [4.78, 5) is 4.83. The molecule has 4 bridgehead atoms. The molecular weight excluding hydrogens is 677 g/mol. The van der Waals surface area contributed by atoms with Gasteiger partial charge in [0, 0.05) is 54.7 Å². The number of thiophene rings is 1. The van der Waals surface area contributed by atoms with Crippen LogP contribution in [0.2, 0.25) is 0 Å². The molecule has 7 aromatic carbocycles. The Bertz CT molecular complexity index is 2820. The van der Waals surface area contributed by atoms with Gasteiger partial charge in [-0.25, -0.2) is 0 Å². The third-order valence-corrected chi connectivity index (χ3v) is 14.4. The molecule has 13 rings (SSSR count). The lowest BCUT2D eigenvalue weighted by Crippen LogP contribution is -2.24. The Hall–Kier alpha value is -5.84. The van der Waals surface area contributed by atoms with Gasteiger partial charge in [0.2, 0.25) is 0 Å². The summed E-state index contributed by atoms with van der Waals surface area (Å²) in [5.41, 5.74) is 10.7. The third kappa shape index (κ3) is 4.47. The van der Waals surface area contributed by atoms with Crippen LogP contribution in [0.4, 0.5) is 34.1 Å². The molecule has 0 spiro atoms. The summed E-state index contributed by atoms with van der Waals surface area (Å²) >= 11 is 1.88. The molecule has 2 unspecified atom stereocenters. The number of furan rings is 1. The van der Waals surface area contributed by atoms with Crippen LogP contribution >= 0.6 is 11.3 Å². The predicted octanol–water partition coefficient (Wildman–Crippen LogP) is 14.6. The van der Waals surface area contributed by atoms with Crippen LogP contribution in [0.25, 0.3) is 42.1 Å². The number of hydrogen-bond donors (Lipinski definition) is 0. The van der Waals surface area contributed by atoms with E-state index < -0.39 is 0 Å². The monoisotopic (exact) mass is 714 g/mol. The topological polar surface area (TPSA) is 19.6 Å². The molecule has 4 aliphatic rings. The van der Waals surface area contributed by atoms with Gasteiger partial charge < -0.3 is 14.2 Å². The number of fused-ring (bicyclic) bond motifs is 6. The fraction of sp³-hybridized carbons (Fsp3) is 0.160. The zero-order valence-electron chi connectivity index (χ0n) is 29.9. The smallest absolute Gasteiger partial charge is 0.135 e. The number of anilines is 6. The quantitative estimate of drug-likeness (QED) is 0.164. The lowest BCUT2D eigenvalue weighted by atomic mass is 9.75. The minimum atomic E-state index is 0.407. The lowest BCUT2D eigenvalue weighted by molar-refractivity contribution is 0.371. The van der Waals surface area contributed by atoms with Gasteiger partial charge in [0.15, 0.2) is 0 Å². The summed E-state index contributed by atoms with van der Waals surface area (Å²) in [6, 6.07) is 60.0. The van der Waals surface area contributed by atoms with Crippen molar-refractivity contribution < 1.29 is 4.42 Å². The van der Waals surface area contributed by atoms with Crippen molar-refractivity contribution in [2.45, 2.75) is 31.1 Å². The van der Waals surface area contributed by atoms with E-state index >= 15 is 0 Å². The van der Waals surface area contributed by atoms with Crippen molar-refractivity contribution in [3.8, 4) is 0 Å². The third-order valence-electron chi connectivity index (χ3n) is 13.2. The Morgan fingerprint density at radius 3 is 1.80 bits per heavy atom. The molecule has 9 aromatic rings. The van der Waals surface area contributed by atoms with Gasteiger partial charge in [-0.15, -0.1) is 11.3 Å². The van der Waals surface area contributed by atoms with Crippen LogP contribution in [0.5, 0.6) is 0 Å². The maximum atomic E-state index is 6.30. The molecule has 0 amide bonds. The first-order valence-electron chi connectivity index (χ1n) is 19.4. The highest BCUT2D eigenvalue weighted by Crippen LogP contribution is 2.70. The summed E-state index contributed by atoms with van der Waals surface area (Å²) < 4.78 is 8.86. The number of rotatable bonds is 7. The first-order valence-corrected chi connectivity index (χ1v) is 20.2. The zero-order valence-corrected chi connectivity index (χ0v) is 30.7. The van der Waals surface area contributed by atoms with Gasteiger partial charge in [-0.2, -0.15) is 0 Å². The fourth-order valence-electron chi connectivity index (χ4n) is 10.9. The molecule has 4 fully saturated rings. The second-order valence-electron chi connectivity index (χ2n) is 15.9. The Morgan fingerprint density at radius 1 is 0.481 bits per heavy atom. The van der Waals surface area contributed by atoms with Crippen molar-refractivity contribution >= 4 is 87.6 Å². The van der Waals surface area contributed by atoms with Crippen molar-refractivity contribution in [3.05, 3.63) is 169 Å². The SMILES string of the molecule is c1ccc(N(c2ccccc2)c2ccc3sc4c(N(c5ccc(C67CC8CC6CC8C7)cc5)c5ccc6oc7ccccc7c6c5)cccc4c3c2)cc1. The standard InChI is InChI=1S/C50H38N2OS/c1-3-10-36(11-4-1)51(37-12-5-2-6-13-37)39-23-25-48-44(29-39)42-15-9-16-45(49(42)54-48)52(40-22-24-47-43(28-40)41-14-7-8-17-46(41)53-47)38-20-18-34(19-21-38)50-30-32-26-35(50)27-33(32)31-50/h1-25,28-29,32-33,35H,26-27,30-31H2. The number of hydrogen-bond acceptors (Lipinski definition) is 4. The van der Waals surface area contributed by atoms with Gasteiger partial charge in [-0.3, -0.25) is 0 Å². The van der Waals surface area contributed by atoms with Gasteiger partial charge in [0.25, 0.3) is 0 Å². The van der Waals surface area contributed by atoms with Crippen LogP contribution < -0.4 is 9.80 Å². The molecule has 0 radical (unpaired) electrons. The maximum absolute atomic E-state index is 6.30. The molecule has 2 heterocycles. The Balaban J connectivity index is 1.03. The molecule has 0 saturated heterocycles. The van der Waals surface area contributed by atoms with E-state index in [0.29, 0.717) is 5.41 Å².